The summed E-state index contributed by atoms with van der Waals surface area (Å²) in [4.78, 5) is 11.7. The predicted molar refractivity (Wildman–Crippen MR) is 60.7 cm³/mol. The summed E-state index contributed by atoms with van der Waals surface area (Å²) in [5, 5.41) is 2.99. The van der Waals surface area contributed by atoms with E-state index in [1.54, 1.807) is 0 Å². The number of ether oxygens (including phenoxy) is 1. The molecular weight excluding hydrogens is 190 g/mol. The van der Waals surface area contributed by atoms with Gasteiger partial charge in [0, 0.05) is 13.2 Å². The van der Waals surface area contributed by atoms with E-state index in [2.05, 4.69) is 19.2 Å². The molecular formula is C12H23NO2. The van der Waals surface area contributed by atoms with Crippen molar-refractivity contribution in [2.75, 3.05) is 13.2 Å². The Hall–Kier alpha value is -0.570. The molecule has 1 amide bonds. The van der Waals surface area contributed by atoms with E-state index in [1.165, 1.54) is 0 Å². The first-order chi connectivity index (χ1) is 7.27. The Morgan fingerprint density at radius 1 is 1.40 bits per heavy atom. The molecule has 0 aromatic rings. The van der Waals surface area contributed by atoms with Gasteiger partial charge in [-0.05, 0) is 25.2 Å². The van der Waals surface area contributed by atoms with Crippen molar-refractivity contribution in [3.05, 3.63) is 0 Å². The zero-order chi connectivity index (χ0) is 11.1. The molecule has 1 atom stereocenters. The summed E-state index contributed by atoms with van der Waals surface area (Å²) in [6, 6.07) is 0. The van der Waals surface area contributed by atoms with Crippen molar-refractivity contribution in [1.82, 2.24) is 5.32 Å². The van der Waals surface area contributed by atoms with Crippen LogP contribution in [0.15, 0.2) is 0 Å². The number of nitrogens with one attached hydrogen (secondary N) is 1. The first-order valence-corrected chi connectivity index (χ1v) is 6.17. The SMILES string of the molecule is CCC(CC)CNC(=O)C1CCCCO1. The number of carbonyl (C=O) groups excluding carboxylic acids is 1. The Bertz CT molecular complexity index is 184. The fourth-order valence-electron chi connectivity index (χ4n) is 1.88. The van der Waals surface area contributed by atoms with Crippen LogP contribution in [0.4, 0.5) is 0 Å². The Morgan fingerprint density at radius 3 is 2.67 bits per heavy atom. The number of rotatable bonds is 5. The number of hydrogen-bond acceptors (Lipinski definition) is 2. The van der Waals surface area contributed by atoms with E-state index in [9.17, 15) is 4.79 Å². The van der Waals surface area contributed by atoms with Crippen molar-refractivity contribution >= 4 is 5.91 Å². The second-order valence-corrected chi connectivity index (χ2v) is 4.28. The molecule has 1 heterocycles. The fraction of sp³-hybridized carbons (Fsp3) is 0.917. The molecule has 0 spiro atoms. The van der Waals surface area contributed by atoms with Gasteiger partial charge in [-0.3, -0.25) is 4.79 Å². The van der Waals surface area contributed by atoms with Gasteiger partial charge in [-0.15, -0.1) is 0 Å². The normalized spacial score (nSPS) is 21.7. The molecule has 0 bridgehead atoms. The molecule has 1 aliphatic heterocycles. The first kappa shape index (κ1) is 12.5. The Balaban J connectivity index is 2.22. The van der Waals surface area contributed by atoms with Crippen LogP contribution in [0.5, 0.6) is 0 Å². The summed E-state index contributed by atoms with van der Waals surface area (Å²) in [6.07, 6.45) is 5.16. The maximum absolute atomic E-state index is 11.7. The van der Waals surface area contributed by atoms with E-state index in [0.29, 0.717) is 5.92 Å². The standard InChI is InChI=1S/C12H23NO2/c1-3-10(4-2)9-13-12(14)11-7-5-6-8-15-11/h10-11H,3-9H2,1-2H3,(H,13,14). The van der Waals surface area contributed by atoms with Crippen LogP contribution in [0, 0.1) is 5.92 Å². The monoisotopic (exact) mass is 213 g/mol. The summed E-state index contributed by atoms with van der Waals surface area (Å²) >= 11 is 0. The zero-order valence-electron chi connectivity index (χ0n) is 9.92. The Kier molecular flexibility index (Phi) is 5.69. The number of amides is 1. The molecule has 1 saturated heterocycles. The molecule has 0 aliphatic carbocycles. The van der Waals surface area contributed by atoms with Crippen LogP contribution < -0.4 is 5.32 Å². The van der Waals surface area contributed by atoms with Crippen LogP contribution in [0.3, 0.4) is 0 Å². The molecule has 1 aliphatic rings. The molecule has 1 fully saturated rings. The Morgan fingerprint density at radius 2 is 2.13 bits per heavy atom. The minimum absolute atomic E-state index is 0.0848. The van der Waals surface area contributed by atoms with Gasteiger partial charge in [0.1, 0.15) is 6.10 Å². The Labute approximate surface area is 92.6 Å². The van der Waals surface area contributed by atoms with Crippen LogP contribution in [-0.2, 0) is 9.53 Å². The van der Waals surface area contributed by atoms with Crippen LogP contribution in [-0.4, -0.2) is 25.2 Å². The quantitative estimate of drug-likeness (QED) is 0.759. The molecule has 15 heavy (non-hydrogen) atoms. The molecule has 3 heteroatoms. The molecule has 0 radical (unpaired) electrons. The second-order valence-electron chi connectivity index (χ2n) is 4.28. The van der Waals surface area contributed by atoms with Gasteiger partial charge in [0.15, 0.2) is 0 Å². The molecule has 1 unspecified atom stereocenters. The van der Waals surface area contributed by atoms with E-state index >= 15 is 0 Å². The molecule has 1 rings (SSSR count). The highest BCUT2D eigenvalue weighted by molar-refractivity contribution is 5.80. The third-order valence-corrected chi connectivity index (χ3v) is 3.19. The lowest BCUT2D eigenvalue weighted by Gasteiger charge is -2.22. The van der Waals surface area contributed by atoms with Gasteiger partial charge in [-0.25, -0.2) is 0 Å². The third-order valence-electron chi connectivity index (χ3n) is 3.19. The summed E-state index contributed by atoms with van der Waals surface area (Å²) in [5.41, 5.74) is 0. The van der Waals surface area contributed by atoms with Gasteiger partial charge >= 0.3 is 0 Å². The maximum Gasteiger partial charge on any atom is 0.249 e. The number of carbonyl (C=O) groups is 1. The second kappa shape index (κ2) is 6.83. The molecule has 3 nitrogen and oxygen atoms in total. The largest absolute Gasteiger partial charge is 0.368 e. The summed E-state index contributed by atoms with van der Waals surface area (Å²) in [5.74, 6) is 0.694. The van der Waals surface area contributed by atoms with E-state index in [1.807, 2.05) is 0 Å². The van der Waals surface area contributed by atoms with Crippen molar-refractivity contribution in [2.45, 2.75) is 52.1 Å². The average Bonchev–Trinajstić information content (AvgIpc) is 2.31. The maximum atomic E-state index is 11.7. The first-order valence-electron chi connectivity index (χ1n) is 6.17. The van der Waals surface area contributed by atoms with E-state index < -0.39 is 0 Å². The minimum atomic E-state index is -0.187. The lowest BCUT2D eigenvalue weighted by Crippen LogP contribution is -2.40. The van der Waals surface area contributed by atoms with E-state index in [0.717, 1.165) is 45.3 Å². The van der Waals surface area contributed by atoms with Gasteiger partial charge in [0.05, 0.1) is 0 Å². The van der Waals surface area contributed by atoms with Crippen LogP contribution in [0.25, 0.3) is 0 Å². The molecule has 1 N–H and O–H groups in total. The smallest absolute Gasteiger partial charge is 0.249 e. The average molecular weight is 213 g/mol. The zero-order valence-corrected chi connectivity index (χ0v) is 9.92. The highest BCUT2D eigenvalue weighted by atomic mass is 16.5. The highest BCUT2D eigenvalue weighted by Gasteiger charge is 2.21. The van der Waals surface area contributed by atoms with Crippen LogP contribution in [0.1, 0.15) is 46.0 Å². The van der Waals surface area contributed by atoms with Crippen molar-refractivity contribution in [1.29, 1.82) is 0 Å². The van der Waals surface area contributed by atoms with Crippen molar-refractivity contribution in [3.8, 4) is 0 Å². The minimum Gasteiger partial charge on any atom is -0.368 e. The van der Waals surface area contributed by atoms with Crippen molar-refractivity contribution < 1.29 is 9.53 Å². The topological polar surface area (TPSA) is 38.3 Å². The molecule has 88 valence electrons. The van der Waals surface area contributed by atoms with Gasteiger partial charge in [-0.2, -0.15) is 0 Å². The molecule has 0 aromatic heterocycles. The van der Waals surface area contributed by atoms with Gasteiger partial charge in [-0.1, -0.05) is 26.7 Å². The summed E-state index contributed by atoms with van der Waals surface area (Å²) in [6.45, 7) is 5.86. The van der Waals surface area contributed by atoms with Crippen molar-refractivity contribution in [3.63, 3.8) is 0 Å². The molecule has 0 aromatic carbocycles. The molecule has 0 saturated carbocycles. The van der Waals surface area contributed by atoms with Gasteiger partial charge in [0.25, 0.3) is 0 Å². The third kappa shape index (κ3) is 4.20. The lowest BCUT2D eigenvalue weighted by molar-refractivity contribution is -0.135. The summed E-state index contributed by atoms with van der Waals surface area (Å²) < 4.78 is 5.43. The lowest BCUT2D eigenvalue weighted by atomic mass is 10.0. The van der Waals surface area contributed by atoms with Crippen molar-refractivity contribution in [2.24, 2.45) is 5.92 Å². The highest BCUT2D eigenvalue weighted by Crippen LogP contribution is 2.13. The van der Waals surface area contributed by atoms with Gasteiger partial charge < -0.3 is 10.1 Å². The number of hydrogen-bond donors (Lipinski definition) is 1. The van der Waals surface area contributed by atoms with E-state index in [-0.39, 0.29) is 12.0 Å². The van der Waals surface area contributed by atoms with E-state index in [4.69, 9.17) is 4.74 Å². The summed E-state index contributed by atoms with van der Waals surface area (Å²) in [7, 11) is 0. The fourth-order valence-corrected chi connectivity index (χ4v) is 1.88. The predicted octanol–water partition coefficient (Wildman–Crippen LogP) is 2.11. The van der Waals surface area contributed by atoms with Crippen LogP contribution in [0.2, 0.25) is 0 Å². The van der Waals surface area contributed by atoms with Gasteiger partial charge in [0.2, 0.25) is 5.91 Å². The van der Waals surface area contributed by atoms with Crippen LogP contribution >= 0.6 is 0 Å².